The topological polar surface area (TPSA) is 50.8 Å². The largest absolute Gasteiger partial charge is 0.486 e. The van der Waals surface area contributed by atoms with Gasteiger partial charge in [0.25, 0.3) is 5.91 Å². The molecule has 0 spiro atoms. The SMILES string of the molecule is C[C@@H]1CNCCN1C(=O)c1cccc2c1OCCO2. The minimum absolute atomic E-state index is 0.0244. The summed E-state index contributed by atoms with van der Waals surface area (Å²) in [5.41, 5.74) is 0.603. The van der Waals surface area contributed by atoms with Gasteiger partial charge in [-0.1, -0.05) is 6.07 Å². The van der Waals surface area contributed by atoms with Gasteiger partial charge in [0.15, 0.2) is 11.5 Å². The van der Waals surface area contributed by atoms with Gasteiger partial charge < -0.3 is 19.7 Å². The van der Waals surface area contributed by atoms with Gasteiger partial charge in [0.05, 0.1) is 5.56 Å². The van der Waals surface area contributed by atoms with Gasteiger partial charge in [-0.3, -0.25) is 4.79 Å². The molecule has 1 fully saturated rings. The fourth-order valence-corrected chi connectivity index (χ4v) is 2.54. The first kappa shape index (κ1) is 12.3. The summed E-state index contributed by atoms with van der Waals surface area (Å²) in [5.74, 6) is 1.28. The van der Waals surface area contributed by atoms with Crippen LogP contribution in [0.25, 0.3) is 0 Å². The molecule has 0 unspecified atom stereocenters. The summed E-state index contributed by atoms with van der Waals surface area (Å²) in [4.78, 5) is 14.5. The molecule has 5 nitrogen and oxygen atoms in total. The molecule has 0 aliphatic carbocycles. The van der Waals surface area contributed by atoms with Crippen LogP contribution in [0.4, 0.5) is 0 Å². The smallest absolute Gasteiger partial charge is 0.258 e. The number of benzene rings is 1. The number of piperazine rings is 1. The van der Waals surface area contributed by atoms with Crippen molar-refractivity contribution < 1.29 is 14.3 Å². The molecule has 2 aliphatic rings. The molecule has 0 aromatic heterocycles. The first-order chi connectivity index (χ1) is 9.27. The van der Waals surface area contributed by atoms with Gasteiger partial charge >= 0.3 is 0 Å². The van der Waals surface area contributed by atoms with Gasteiger partial charge in [-0.15, -0.1) is 0 Å². The Morgan fingerprint density at radius 3 is 3.05 bits per heavy atom. The second-order valence-corrected chi connectivity index (χ2v) is 4.88. The van der Waals surface area contributed by atoms with E-state index >= 15 is 0 Å². The maximum absolute atomic E-state index is 12.6. The number of nitrogens with one attached hydrogen (secondary N) is 1. The molecule has 0 saturated carbocycles. The molecule has 1 amide bonds. The second-order valence-electron chi connectivity index (χ2n) is 4.88. The van der Waals surface area contributed by atoms with Crippen molar-refractivity contribution in [1.82, 2.24) is 10.2 Å². The Bertz CT molecular complexity index is 490. The van der Waals surface area contributed by atoms with Crippen molar-refractivity contribution in [2.24, 2.45) is 0 Å². The van der Waals surface area contributed by atoms with E-state index in [1.54, 1.807) is 0 Å². The van der Waals surface area contributed by atoms with Crippen LogP contribution in [0.1, 0.15) is 17.3 Å². The highest BCUT2D eigenvalue weighted by Gasteiger charge is 2.28. The number of amides is 1. The lowest BCUT2D eigenvalue weighted by atomic mass is 10.1. The molecule has 1 atom stereocenters. The molecular weight excluding hydrogens is 244 g/mol. The lowest BCUT2D eigenvalue weighted by molar-refractivity contribution is 0.0646. The van der Waals surface area contributed by atoms with E-state index in [1.807, 2.05) is 23.1 Å². The summed E-state index contributed by atoms with van der Waals surface area (Å²) in [6.45, 7) is 5.48. The van der Waals surface area contributed by atoms with Gasteiger partial charge in [-0.05, 0) is 19.1 Å². The lowest BCUT2D eigenvalue weighted by Gasteiger charge is -2.34. The van der Waals surface area contributed by atoms with E-state index in [1.165, 1.54) is 0 Å². The Morgan fingerprint density at radius 1 is 1.37 bits per heavy atom. The molecule has 1 aromatic rings. The van der Waals surface area contributed by atoms with Crippen molar-refractivity contribution >= 4 is 5.91 Å². The Labute approximate surface area is 112 Å². The van der Waals surface area contributed by atoms with Gasteiger partial charge in [-0.2, -0.15) is 0 Å². The van der Waals surface area contributed by atoms with Crippen LogP contribution in [-0.2, 0) is 0 Å². The van der Waals surface area contributed by atoms with E-state index in [0.29, 0.717) is 30.3 Å². The van der Waals surface area contributed by atoms with Crippen LogP contribution in [0.15, 0.2) is 18.2 Å². The molecule has 1 saturated heterocycles. The van der Waals surface area contributed by atoms with E-state index in [0.717, 1.165) is 19.6 Å². The third-order valence-corrected chi connectivity index (χ3v) is 3.56. The average Bonchev–Trinajstić information content (AvgIpc) is 2.46. The van der Waals surface area contributed by atoms with Crippen LogP contribution in [0.3, 0.4) is 0 Å². The normalized spacial score (nSPS) is 22.2. The molecule has 2 aliphatic heterocycles. The number of hydrogen-bond donors (Lipinski definition) is 1. The van der Waals surface area contributed by atoms with E-state index in [9.17, 15) is 4.79 Å². The van der Waals surface area contributed by atoms with Gasteiger partial charge in [0.1, 0.15) is 13.2 Å². The summed E-state index contributed by atoms with van der Waals surface area (Å²) in [7, 11) is 0. The first-order valence-electron chi connectivity index (χ1n) is 6.67. The van der Waals surface area contributed by atoms with E-state index < -0.39 is 0 Å². The first-order valence-corrected chi connectivity index (χ1v) is 6.67. The number of rotatable bonds is 1. The van der Waals surface area contributed by atoms with Crippen LogP contribution in [0, 0.1) is 0 Å². The Hall–Kier alpha value is -1.75. The van der Waals surface area contributed by atoms with Crippen LogP contribution in [0.5, 0.6) is 11.5 Å². The van der Waals surface area contributed by atoms with Gasteiger partial charge in [0, 0.05) is 25.7 Å². The minimum Gasteiger partial charge on any atom is -0.486 e. The van der Waals surface area contributed by atoms with Crippen molar-refractivity contribution in [1.29, 1.82) is 0 Å². The van der Waals surface area contributed by atoms with Gasteiger partial charge in [0.2, 0.25) is 0 Å². The minimum atomic E-state index is 0.0244. The lowest BCUT2D eigenvalue weighted by Crippen LogP contribution is -2.52. The number of para-hydroxylation sites is 1. The average molecular weight is 262 g/mol. The Kier molecular flexibility index (Phi) is 3.29. The number of carbonyl (C=O) groups excluding carboxylic acids is 1. The number of fused-ring (bicyclic) bond motifs is 1. The van der Waals surface area contributed by atoms with Crippen molar-refractivity contribution in [3.8, 4) is 11.5 Å². The predicted molar refractivity (Wildman–Crippen MR) is 70.8 cm³/mol. The number of carbonyl (C=O) groups is 1. The van der Waals surface area contributed by atoms with Gasteiger partial charge in [-0.25, -0.2) is 0 Å². The monoisotopic (exact) mass is 262 g/mol. The maximum Gasteiger partial charge on any atom is 0.258 e. The van der Waals surface area contributed by atoms with Crippen molar-refractivity contribution in [3.63, 3.8) is 0 Å². The second kappa shape index (κ2) is 5.09. The van der Waals surface area contributed by atoms with Crippen LogP contribution < -0.4 is 14.8 Å². The van der Waals surface area contributed by atoms with Crippen molar-refractivity contribution in [2.75, 3.05) is 32.8 Å². The van der Waals surface area contributed by atoms with E-state index in [2.05, 4.69) is 12.2 Å². The number of hydrogen-bond acceptors (Lipinski definition) is 4. The highest BCUT2D eigenvalue weighted by Crippen LogP contribution is 2.34. The molecule has 0 bridgehead atoms. The predicted octanol–water partition coefficient (Wildman–Crippen LogP) is 0.892. The van der Waals surface area contributed by atoms with E-state index in [-0.39, 0.29) is 11.9 Å². The molecule has 3 rings (SSSR count). The molecule has 2 heterocycles. The number of ether oxygens (including phenoxy) is 2. The highest BCUT2D eigenvalue weighted by molar-refractivity contribution is 5.98. The Morgan fingerprint density at radius 2 is 2.21 bits per heavy atom. The molecule has 5 heteroatoms. The Balaban J connectivity index is 1.91. The molecule has 19 heavy (non-hydrogen) atoms. The quantitative estimate of drug-likeness (QED) is 0.816. The van der Waals surface area contributed by atoms with E-state index in [4.69, 9.17) is 9.47 Å². The zero-order chi connectivity index (χ0) is 13.2. The standard InChI is InChI=1S/C14H18N2O3/c1-10-9-15-5-6-16(10)14(17)11-3-2-4-12-13(11)19-8-7-18-12/h2-4,10,15H,5-9H2,1H3/t10-/m1/s1. The maximum atomic E-state index is 12.6. The van der Waals surface area contributed by atoms with Crippen molar-refractivity contribution in [3.05, 3.63) is 23.8 Å². The van der Waals surface area contributed by atoms with Crippen LogP contribution >= 0.6 is 0 Å². The zero-order valence-electron chi connectivity index (χ0n) is 11.0. The van der Waals surface area contributed by atoms with Crippen LogP contribution in [0.2, 0.25) is 0 Å². The fourth-order valence-electron chi connectivity index (χ4n) is 2.54. The highest BCUT2D eigenvalue weighted by atomic mass is 16.6. The molecular formula is C14H18N2O3. The molecule has 1 aromatic carbocycles. The third kappa shape index (κ3) is 2.26. The summed E-state index contributed by atoms with van der Waals surface area (Å²) >= 11 is 0. The summed E-state index contributed by atoms with van der Waals surface area (Å²) in [6.07, 6.45) is 0. The summed E-state index contributed by atoms with van der Waals surface area (Å²) < 4.78 is 11.1. The third-order valence-electron chi connectivity index (χ3n) is 3.56. The zero-order valence-corrected chi connectivity index (χ0v) is 11.0. The molecule has 0 radical (unpaired) electrons. The summed E-state index contributed by atoms with van der Waals surface area (Å²) in [5, 5.41) is 3.28. The molecule has 102 valence electrons. The van der Waals surface area contributed by atoms with Crippen molar-refractivity contribution in [2.45, 2.75) is 13.0 Å². The summed E-state index contributed by atoms with van der Waals surface area (Å²) in [6, 6.07) is 5.69. The molecule has 1 N–H and O–H groups in total. The van der Waals surface area contributed by atoms with Crippen LogP contribution in [-0.4, -0.2) is 49.7 Å². The number of nitrogens with zero attached hydrogens (tertiary/aromatic N) is 1. The fraction of sp³-hybridized carbons (Fsp3) is 0.500.